The van der Waals surface area contributed by atoms with Crippen molar-refractivity contribution in [2.45, 2.75) is 43.8 Å². The van der Waals surface area contributed by atoms with Gasteiger partial charge >= 0.3 is 0 Å². The molecule has 112 valence electrons. The molecule has 1 aromatic rings. The van der Waals surface area contributed by atoms with E-state index in [1.54, 1.807) is 0 Å². The first kappa shape index (κ1) is 14.0. The highest BCUT2D eigenvalue weighted by Crippen LogP contribution is 2.34. The van der Waals surface area contributed by atoms with Gasteiger partial charge in [0.2, 0.25) is 0 Å². The fraction of sp³-hybridized carbons (Fsp3) is 0.533. The van der Waals surface area contributed by atoms with Crippen LogP contribution in [-0.4, -0.2) is 40.9 Å². The molecule has 0 unspecified atom stereocenters. The van der Waals surface area contributed by atoms with Gasteiger partial charge in [0.05, 0.1) is 4.92 Å². The summed E-state index contributed by atoms with van der Waals surface area (Å²) in [6.07, 6.45) is 4.41. The third-order valence-electron chi connectivity index (χ3n) is 4.77. The molecule has 0 radical (unpaired) electrons. The average Bonchev–Trinajstić information content (AvgIpc) is 2.69. The number of carbonyl (C=O) groups excluding carboxylic acids is 1. The maximum Gasteiger partial charge on any atom is 0.269 e. The predicted molar refractivity (Wildman–Crippen MR) is 78.2 cm³/mol. The van der Waals surface area contributed by atoms with Crippen LogP contribution in [0.3, 0.4) is 0 Å². The van der Waals surface area contributed by atoms with Gasteiger partial charge in [-0.2, -0.15) is 0 Å². The summed E-state index contributed by atoms with van der Waals surface area (Å²) in [4.78, 5) is 24.8. The lowest BCUT2D eigenvalue weighted by atomic mass is 9.97. The van der Waals surface area contributed by atoms with Crippen molar-refractivity contribution in [3.05, 3.63) is 39.9 Å². The number of piperidine rings is 1. The van der Waals surface area contributed by atoms with E-state index in [2.05, 4.69) is 17.3 Å². The second-order valence-electron chi connectivity index (χ2n) is 6.00. The van der Waals surface area contributed by atoms with E-state index in [1.807, 2.05) is 0 Å². The predicted octanol–water partition coefficient (Wildman–Crippen LogP) is 1.95. The summed E-state index contributed by atoms with van der Waals surface area (Å²) >= 11 is 0. The zero-order valence-corrected chi connectivity index (χ0v) is 12.0. The molecule has 0 aliphatic carbocycles. The molecule has 2 fully saturated rings. The van der Waals surface area contributed by atoms with Gasteiger partial charge in [0.15, 0.2) is 0 Å². The number of hydrogen-bond acceptors (Lipinski definition) is 4. The van der Waals surface area contributed by atoms with E-state index in [0.29, 0.717) is 17.6 Å². The molecule has 2 atom stereocenters. The van der Waals surface area contributed by atoms with Gasteiger partial charge in [-0.15, -0.1) is 0 Å². The van der Waals surface area contributed by atoms with Crippen molar-refractivity contribution in [1.82, 2.24) is 10.2 Å². The van der Waals surface area contributed by atoms with Crippen LogP contribution in [0.4, 0.5) is 5.69 Å². The SMILES string of the molecule is CN1[C@@H]2CC[C@@H]1CC(NC(=O)c1ccc([N+](=O)[O-])cc1)C2. The normalized spacial score (nSPS) is 28.3. The molecule has 1 amide bonds. The van der Waals surface area contributed by atoms with Gasteiger partial charge in [-0.3, -0.25) is 14.9 Å². The lowest BCUT2D eigenvalue weighted by Gasteiger charge is -2.36. The zero-order chi connectivity index (χ0) is 15.0. The van der Waals surface area contributed by atoms with Crippen LogP contribution < -0.4 is 5.32 Å². The topological polar surface area (TPSA) is 75.5 Å². The highest BCUT2D eigenvalue weighted by Gasteiger charge is 2.38. The summed E-state index contributed by atoms with van der Waals surface area (Å²) in [7, 11) is 2.16. The second kappa shape index (κ2) is 5.44. The Bertz CT molecular complexity index is 544. The fourth-order valence-corrected chi connectivity index (χ4v) is 3.53. The first-order valence-electron chi connectivity index (χ1n) is 7.32. The zero-order valence-electron chi connectivity index (χ0n) is 12.0. The summed E-state index contributed by atoms with van der Waals surface area (Å²) in [5.74, 6) is -0.140. The number of nitrogens with zero attached hydrogens (tertiary/aromatic N) is 2. The van der Waals surface area contributed by atoms with Crippen molar-refractivity contribution in [3.8, 4) is 0 Å². The Kier molecular flexibility index (Phi) is 3.63. The number of benzene rings is 1. The van der Waals surface area contributed by atoms with Gasteiger partial charge < -0.3 is 10.2 Å². The fourth-order valence-electron chi connectivity index (χ4n) is 3.53. The van der Waals surface area contributed by atoms with Crippen molar-refractivity contribution in [1.29, 1.82) is 0 Å². The van der Waals surface area contributed by atoms with Crippen LogP contribution in [0.2, 0.25) is 0 Å². The number of hydrogen-bond donors (Lipinski definition) is 1. The molecule has 6 nitrogen and oxygen atoms in total. The maximum absolute atomic E-state index is 12.2. The molecule has 3 rings (SSSR count). The lowest BCUT2D eigenvalue weighted by Crippen LogP contribution is -2.48. The molecule has 1 N–H and O–H groups in total. The molecule has 6 heteroatoms. The molecule has 2 bridgehead atoms. The molecule has 1 aromatic carbocycles. The molecule has 0 spiro atoms. The van der Waals surface area contributed by atoms with Crippen LogP contribution in [0.1, 0.15) is 36.0 Å². The minimum absolute atomic E-state index is 0.00360. The molecule has 0 saturated carbocycles. The van der Waals surface area contributed by atoms with Crippen molar-refractivity contribution in [2.24, 2.45) is 0 Å². The van der Waals surface area contributed by atoms with E-state index >= 15 is 0 Å². The highest BCUT2D eigenvalue weighted by atomic mass is 16.6. The minimum atomic E-state index is -0.462. The van der Waals surface area contributed by atoms with E-state index in [0.717, 1.165) is 12.8 Å². The van der Waals surface area contributed by atoms with E-state index in [4.69, 9.17) is 0 Å². The number of fused-ring (bicyclic) bond motifs is 2. The number of non-ortho nitro benzene ring substituents is 1. The van der Waals surface area contributed by atoms with Crippen LogP contribution in [0.15, 0.2) is 24.3 Å². The highest BCUT2D eigenvalue weighted by molar-refractivity contribution is 5.94. The standard InChI is InChI=1S/C15H19N3O3/c1-17-13-6-7-14(17)9-11(8-13)16-15(19)10-2-4-12(5-3-10)18(20)21/h2-5,11,13-14H,6-9H2,1H3,(H,16,19)/t13-,14-/m1/s1. The smallest absolute Gasteiger partial charge is 0.269 e. The minimum Gasteiger partial charge on any atom is -0.349 e. The summed E-state index contributed by atoms with van der Waals surface area (Å²) in [6.45, 7) is 0. The van der Waals surface area contributed by atoms with E-state index < -0.39 is 4.92 Å². The Morgan fingerprint density at radius 2 is 1.81 bits per heavy atom. The summed E-state index contributed by atoms with van der Waals surface area (Å²) in [6, 6.07) is 7.12. The first-order chi connectivity index (χ1) is 10.0. The molecular formula is C15H19N3O3. The number of nitrogens with one attached hydrogen (secondary N) is 1. The summed E-state index contributed by atoms with van der Waals surface area (Å²) < 4.78 is 0. The average molecular weight is 289 g/mol. The van der Waals surface area contributed by atoms with Gasteiger partial charge in [-0.25, -0.2) is 0 Å². The van der Waals surface area contributed by atoms with E-state index in [9.17, 15) is 14.9 Å². The van der Waals surface area contributed by atoms with Crippen LogP contribution in [0, 0.1) is 10.1 Å². The second-order valence-corrected chi connectivity index (χ2v) is 6.00. The van der Waals surface area contributed by atoms with Crippen molar-refractivity contribution < 1.29 is 9.72 Å². The molecule has 2 saturated heterocycles. The molecule has 21 heavy (non-hydrogen) atoms. The molecular weight excluding hydrogens is 270 g/mol. The lowest BCUT2D eigenvalue weighted by molar-refractivity contribution is -0.384. The quantitative estimate of drug-likeness (QED) is 0.681. The van der Waals surface area contributed by atoms with Crippen LogP contribution >= 0.6 is 0 Å². The van der Waals surface area contributed by atoms with Crippen molar-refractivity contribution >= 4 is 11.6 Å². The summed E-state index contributed by atoms with van der Waals surface area (Å²) in [5.41, 5.74) is 0.482. The molecule has 2 aliphatic heterocycles. The Morgan fingerprint density at radius 1 is 1.24 bits per heavy atom. The van der Waals surface area contributed by atoms with Crippen molar-refractivity contribution in [3.63, 3.8) is 0 Å². The van der Waals surface area contributed by atoms with Gasteiger partial charge in [-0.05, 0) is 44.9 Å². The Hall–Kier alpha value is -1.95. The van der Waals surface area contributed by atoms with E-state index in [-0.39, 0.29) is 17.6 Å². The number of rotatable bonds is 3. The van der Waals surface area contributed by atoms with E-state index in [1.165, 1.54) is 37.1 Å². The molecule has 2 aliphatic rings. The molecule has 0 aromatic heterocycles. The third-order valence-corrected chi connectivity index (χ3v) is 4.77. The van der Waals surface area contributed by atoms with Crippen molar-refractivity contribution in [2.75, 3.05) is 7.05 Å². The monoisotopic (exact) mass is 289 g/mol. The third kappa shape index (κ3) is 2.76. The van der Waals surface area contributed by atoms with Gasteiger partial charge in [0, 0.05) is 35.8 Å². The molecule has 2 heterocycles. The number of nitro groups is 1. The van der Waals surface area contributed by atoms with Crippen LogP contribution in [-0.2, 0) is 0 Å². The Labute approximate surface area is 123 Å². The summed E-state index contributed by atoms with van der Waals surface area (Å²) in [5, 5.41) is 13.7. The largest absolute Gasteiger partial charge is 0.349 e. The van der Waals surface area contributed by atoms with Gasteiger partial charge in [0.1, 0.15) is 0 Å². The Balaban J connectivity index is 1.63. The number of nitro benzene ring substituents is 1. The van der Waals surface area contributed by atoms with Crippen LogP contribution in [0.5, 0.6) is 0 Å². The maximum atomic E-state index is 12.2. The number of amides is 1. The first-order valence-corrected chi connectivity index (χ1v) is 7.32. The Morgan fingerprint density at radius 3 is 2.33 bits per heavy atom. The van der Waals surface area contributed by atoms with Gasteiger partial charge in [-0.1, -0.05) is 0 Å². The van der Waals surface area contributed by atoms with Gasteiger partial charge in [0.25, 0.3) is 11.6 Å². The van der Waals surface area contributed by atoms with Crippen LogP contribution in [0.25, 0.3) is 0 Å². The number of carbonyl (C=O) groups is 1.